The average molecular weight is 394 g/mol. The third-order valence-corrected chi connectivity index (χ3v) is 4.50. The first-order valence-electron chi connectivity index (χ1n) is 8.33. The van der Waals surface area contributed by atoms with Gasteiger partial charge in [0.15, 0.2) is 0 Å². The van der Waals surface area contributed by atoms with E-state index in [9.17, 15) is 9.18 Å². The van der Waals surface area contributed by atoms with E-state index < -0.39 is 0 Å². The normalized spacial score (nSPS) is 20.0. The van der Waals surface area contributed by atoms with E-state index in [1.807, 2.05) is 4.90 Å². The van der Waals surface area contributed by atoms with Gasteiger partial charge in [0.25, 0.3) is 0 Å². The van der Waals surface area contributed by atoms with Gasteiger partial charge in [0.2, 0.25) is 5.91 Å². The van der Waals surface area contributed by atoms with E-state index in [0.29, 0.717) is 19.6 Å². The van der Waals surface area contributed by atoms with Gasteiger partial charge in [0.05, 0.1) is 12.6 Å². The van der Waals surface area contributed by atoms with Crippen LogP contribution < -0.4 is 10.2 Å². The standard InChI is InChI=1S/C17H24FN3O2.2ClH/c18-14-3-5-15(6-4-14)20-7-9-21(10-8-20)17(22)13-19-12-16-2-1-11-23-16;;/h3-6,16,19H,1-2,7-13H2;2*1H. The van der Waals surface area contributed by atoms with Crippen molar-refractivity contribution in [3.8, 4) is 0 Å². The predicted octanol–water partition coefficient (Wildman–Crippen LogP) is 2.09. The van der Waals surface area contributed by atoms with Gasteiger partial charge in [-0.15, -0.1) is 24.8 Å². The van der Waals surface area contributed by atoms with Crippen LogP contribution in [0.3, 0.4) is 0 Å². The first kappa shape index (κ1) is 22.0. The van der Waals surface area contributed by atoms with Gasteiger partial charge >= 0.3 is 0 Å². The largest absolute Gasteiger partial charge is 0.377 e. The topological polar surface area (TPSA) is 44.8 Å². The van der Waals surface area contributed by atoms with Gasteiger partial charge in [-0.05, 0) is 37.1 Å². The maximum atomic E-state index is 13.0. The van der Waals surface area contributed by atoms with Crippen LogP contribution in [0.1, 0.15) is 12.8 Å². The first-order valence-corrected chi connectivity index (χ1v) is 8.33. The molecule has 1 aromatic carbocycles. The highest BCUT2D eigenvalue weighted by atomic mass is 35.5. The second-order valence-corrected chi connectivity index (χ2v) is 6.11. The lowest BCUT2D eigenvalue weighted by Crippen LogP contribution is -2.51. The number of hydrogen-bond acceptors (Lipinski definition) is 4. The van der Waals surface area contributed by atoms with Crippen molar-refractivity contribution in [2.24, 2.45) is 0 Å². The summed E-state index contributed by atoms with van der Waals surface area (Å²) in [6.07, 6.45) is 2.46. The summed E-state index contributed by atoms with van der Waals surface area (Å²) in [7, 11) is 0. The van der Waals surface area contributed by atoms with Crippen LogP contribution in [0, 0.1) is 5.82 Å². The molecule has 2 fully saturated rings. The second-order valence-electron chi connectivity index (χ2n) is 6.11. The zero-order valence-electron chi connectivity index (χ0n) is 14.2. The summed E-state index contributed by atoms with van der Waals surface area (Å²) in [5.41, 5.74) is 1.01. The molecule has 0 bridgehead atoms. The van der Waals surface area contributed by atoms with Gasteiger partial charge in [-0.3, -0.25) is 4.79 Å². The van der Waals surface area contributed by atoms with E-state index in [1.165, 1.54) is 12.1 Å². The Hall–Kier alpha value is -1.08. The Balaban J connectivity index is 0.00000156. The van der Waals surface area contributed by atoms with Crippen LogP contribution in [0.25, 0.3) is 0 Å². The van der Waals surface area contributed by atoms with Gasteiger partial charge in [-0.2, -0.15) is 0 Å². The van der Waals surface area contributed by atoms with E-state index in [0.717, 1.165) is 44.8 Å². The minimum atomic E-state index is -0.222. The first-order chi connectivity index (χ1) is 11.2. The molecule has 3 rings (SSSR count). The summed E-state index contributed by atoms with van der Waals surface area (Å²) in [6, 6.07) is 6.52. The summed E-state index contributed by atoms with van der Waals surface area (Å²) in [5, 5.41) is 3.20. The minimum absolute atomic E-state index is 0. The molecular weight excluding hydrogens is 368 g/mol. The molecule has 0 radical (unpaired) electrons. The average Bonchev–Trinajstić information content (AvgIpc) is 3.09. The van der Waals surface area contributed by atoms with Crippen LogP contribution in [0.2, 0.25) is 0 Å². The van der Waals surface area contributed by atoms with E-state index in [2.05, 4.69) is 10.2 Å². The fourth-order valence-electron chi connectivity index (χ4n) is 3.12. The maximum absolute atomic E-state index is 13.0. The lowest BCUT2D eigenvalue weighted by molar-refractivity contribution is -0.130. The Bertz CT molecular complexity index is 519. The van der Waals surface area contributed by atoms with Gasteiger partial charge < -0.3 is 19.9 Å². The van der Waals surface area contributed by atoms with Crippen molar-refractivity contribution in [1.29, 1.82) is 0 Å². The van der Waals surface area contributed by atoms with E-state index in [4.69, 9.17) is 4.74 Å². The quantitative estimate of drug-likeness (QED) is 0.831. The minimum Gasteiger partial charge on any atom is -0.377 e. The monoisotopic (exact) mass is 393 g/mol. The van der Waals surface area contributed by atoms with Crippen molar-refractivity contribution < 1.29 is 13.9 Å². The molecule has 1 unspecified atom stereocenters. The van der Waals surface area contributed by atoms with Crippen molar-refractivity contribution >= 4 is 36.4 Å². The second kappa shape index (κ2) is 10.8. The van der Waals surface area contributed by atoms with Gasteiger partial charge in [-0.25, -0.2) is 4.39 Å². The molecule has 142 valence electrons. The highest BCUT2D eigenvalue weighted by Gasteiger charge is 2.21. The van der Waals surface area contributed by atoms with E-state index in [-0.39, 0.29) is 42.6 Å². The van der Waals surface area contributed by atoms with Crippen molar-refractivity contribution in [1.82, 2.24) is 10.2 Å². The molecule has 0 saturated carbocycles. The number of anilines is 1. The number of carbonyl (C=O) groups excluding carboxylic acids is 1. The molecule has 2 aliphatic heterocycles. The Morgan fingerprint density at radius 1 is 1.16 bits per heavy atom. The zero-order valence-corrected chi connectivity index (χ0v) is 15.8. The summed E-state index contributed by atoms with van der Waals surface area (Å²) in [5.74, 6) is -0.0818. The summed E-state index contributed by atoms with van der Waals surface area (Å²) in [4.78, 5) is 16.3. The van der Waals surface area contributed by atoms with Crippen LogP contribution in [0.15, 0.2) is 24.3 Å². The summed E-state index contributed by atoms with van der Waals surface area (Å²) < 4.78 is 18.5. The van der Waals surface area contributed by atoms with Gasteiger partial charge in [-0.1, -0.05) is 0 Å². The number of halogens is 3. The summed E-state index contributed by atoms with van der Waals surface area (Å²) in [6.45, 7) is 4.94. The third-order valence-electron chi connectivity index (χ3n) is 4.50. The van der Waals surface area contributed by atoms with Crippen LogP contribution in [-0.2, 0) is 9.53 Å². The maximum Gasteiger partial charge on any atom is 0.236 e. The Morgan fingerprint density at radius 2 is 1.84 bits per heavy atom. The number of nitrogens with one attached hydrogen (secondary N) is 1. The number of benzene rings is 1. The number of ether oxygens (including phenoxy) is 1. The van der Waals surface area contributed by atoms with Crippen LogP contribution in [0.5, 0.6) is 0 Å². The van der Waals surface area contributed by atoms with Crippen LogP contribution >= 0.6 is 24.8 Å². The smallest absolute Gasteiger partial charge is 0.236 e. The summed E-state index contributed by atoms with van der Waals surface area (Å²) >= 11 is 0. The molecular formula is C17H26Cl2FN3O2. The zero-order chi connectivity index (χ0) is 16.1. The number of amides is 1. The molecule has 2 aliphatic rings. The van der Waals surface area contributed by atoms with Crippen LogP contribution in [0.4, 0.5) is 10.1 Å². The molecule has 8 heteroatoms. The third kappa shape index (κ3) is 6.29. The molecule has 0 aromatic heterocycles. The molecule has 5 nitrogen and oxygen atoms in total. The number of nitrogens with zero attached hydrogens (tertiary/aromatic N) is 2. The predicted molar refractivity (Wildman–Crippen MR) is 102 cm³/mol. The molecule has 1 N–H and O–H groups in total. The fourth-order valence-corrected chi connectivity index (χ4v) is 3.12. The van der Waals surface area contributed by atoms with Gasteiger partial charge in [0.1, 0.15) is 5.82 Å². The highest BCUT2D eigenvalue weighted by molar-refractivity contribution is 5.85. The van der Waals surface area contributed by atoms with E-state index in [1.54, 1.807) is 12.1 Å². The van der Waals surface area contributed by atoms with Crippen molar-refractivity contribution in [2.75, 3.05) is 50.8 Å². The van der Waals surface area contributed by atoms with Crippen molar-refractivity contribution in [3.63, 3.8) is 0 Å². The number of carbonyl (C=O) groups is 1. The molecule has 0 spiro atoms. The molecule has 2 saturated heterocycles. The molecule has 0 aliphatic carbocycles. The lowest BCUT2D eigenvalue weighted by atomic mass is 10.2. The molecule has 2 heterocycles. The van der Waals surface area contributed by atoms with E-state index >= 15 is 0 Å². The number of hydrogen-bond donors (Lipinski definition) is 1. The fraction of sp³-hybridized carbons (Fsp3) is 0.588. The molecule has 1 aromatic rings. The Morgan fingerprint density at radius 3 is 2.44 bits per heavy atom. The van der Waals surface area contributed by atoms with Crippen LogP contribution in [-0.4, -0.2) is 62.8 Å². The van der Waals surface area contributed by atoms with Crippen molar-refractivity contribution in [3.05, 3.63) is 30.1 Å². The molecule has 1 atom stereocenters. The molecule has 1 amide bonds. The number of rotatable bonds is 5. The van der Waals surface area contributed by atoms with Gasteiger partial charge in [0, 0.05) is 45.0 Å². The van der Waals surface area contributed by atoms with Crippen molar-refractivity contribution in [2.45, 2.75) is 18.9 Å². The SMILES string of the molecule is Cl.Cl.O=C(CNCC1CCCO1)N1CCN(c2ccc(F)cc2)CC1. The Kier molecular flexibility index (Phi) is 9.50. The lowest BCUT2D eigenvalue weighted by Gasteiger charge is -2.36. The number of piperazine rings is 1. The molecule has 25 heavy (non-hydrogen) atoms. The Labute approximate surface area is 160 Å². The highest BCUT2D eigenvalue weighted by Crippen LogP contribution is 2.17.